The van der Waals surface area contributed by atoms with Gasteiger partial charge in [0.2, 0.25) is 5.91 Å². The van der Waals surface area contributed by atoms with E-state index < -0.39 is 18.0 Å². The number of hydrogen-bond donors (Lipinski definition) is 5. The summed E-state index contributed by atoms with van der Waals surface area (Å²) in [6.45, 7) is -0.0267. The van der Waals surface area contributed by atoms with Crippen LogP contribution >= 0.6 is 27.5 Å². The van der Waals surface area contributed by atoms with Gasteiger partial charge in [0.1, 0.15) is 11.9 Å². The van der Waals surface area contributed by atoms with E-state index in [0.717, 1.165) is 0 Å². The van der Waals surface area contributed by atoms with Crippen molar-refractivity contribution in [2.24, 2.45) is 4.99 Å². The van der Waals surface area contributed by atoms with Crippen molar-refractivity contribution in [2.75, 3.05) is 25.0 Å². The standard InChI is InChI=1S/C19H19BrClFN6O3/c20-15-3-12(21)1-10(17(15)30)5-24-16(29)9-25-18(31)11-2-14(8-23-4-11)28-19-26-6-13(22)7-27-19/h1-4,8,13,30H,5-7,9H2,(H,24,29)(H,25,31)(H2,26,27,28). The van der Waals surface area contributed by atoms with Crippen molar-refractivity contribution in [3.8, 4) is 5.75 Å². The molecular weight excluding hydrogens is 495 g/mol. The summed E-state index contributed by atoms with van der Waals surface area (Å²) in [6.07, 6.45) is 1.81. The molecule has 9 nitrogen and oxygen atoms in total. The van der Waals surface area contributed by atoms with Crippen LogP contribution in [0, 0.1) is 0 Å². The van der Waals surface area contributed by atoms with E-state index in [9.17, 15) is 19.1 Å². The van der Waals surface area contributed by atoms with E-state index in [4.69, 9.17) is 11.6 Å². The number of benzene rings is 1. The number of carbonyl (C=O) groups excluding carboxylic acids is 2. The number of pyridine rings is 1. The number of hydrogen-bond acceptors (Lipinski definition) is 7. The number of aliphatic imine (C=N–C) groups is 1. The summed E-state index contributed by atoms with van der Waals surface area (Å²) < 4.78 is 13.5. The zero-order chi connectivity index (χ0) is 22.4. The first-order chi connectivity index (χ1) is 14.8. The van der Waals surface area contributed by atoms with E-state index in [2.05, 4.69) is 47.2 Å². The highest BCUT2D eigenvalue weighted by molar-refractivity contribution is 9.10. The first kappa shape index (κ1) is 22.8. The van der Waals surface area contributed by atoms with Gasteiger partial charge in [-0.3, -0.25) is 14.6 Å². The van der Waals surface area contributed by atoms with Crippen molar-refractivity contribution in [3.05, 3.63) is 51.2 Å². The summed E-state index contributed by atoms with van der Waals surface area (Å²) in [4.78, 5) is 32.4. The third-order valence-electron chi connectivity index (χ3n) is 4.19. The largest absolute Gasteiger partial charge is 0.506 e. The van der Waals surface area contributed by atoms with Gasteiger partial charge >= 0.3 is 0 Å². The molecule has 31 heavy (non-hydrogen) atoms. The van der Waals surface area contributed by atoms with E-state index in [0.29, 0.717) is 26.7 Å². The maximum absolute atomic E-state index is 13.1. The van der Waals surface area contributed by atoms with Crippen LogP contribution in [0.3, 0.4) is 0 Å². The Morgan fingerprint density at radius 3 is 2.84 bits per heavy atom. The third-order valence-corrected chi connectivity index (χ3v) is 5.02. The second kappa shape index (κ2) is 10.4. The first-order valence-corrected chi connectivity index (χ1v) is 10.3. The smallest absolute Gasteiger partial charge is 0.253 e. The number of anilines is 1. The van der Waals surface area contributed by atoms with Crippen LogP contribution in [0.5, 0.6) is 5.75 Å². The number of alkyl halides is 1. The molecule has 0 bridgehead atoms. The molecule has 0 spiro atoms. The maximum atomic E-state index is 13.1. The molecular formula is C19H19BrClFN6O3. The summed E-state index contributed by atoms with van der Waals surface area (Å²) >= 11 is 9.11. The van der Waals surface area contributed by atoms with Gasteiger partial charge in [0, 0.05) is 23.3 Å². The highest BCUT2D eigenvalue weighted by Crippen LogP contribution is 2.31. The van der Waals surface area contributed by atoms with Crippen molar-refractivity contribution in [1.29, 1.82) is 0 Å². The van der Waals surface area contributed by atoms with Gasteiger partial charge in [-0.05, 0) is 34.1 Å². The van der Waals surface area contributed by atoms with Crippen LogP contribution in [-0.4, -0.2) is 53.7 Å². The quantitative estimate of drug-likeness (QED) is 0.402. The topological polar surface area (TPSA) is 128 Å². The Bertz CT molecular complexity index is 1020. The minimum Gasteiger partial charge on any atom is -0.506 e. The zero-order valence-electron chi connectivity index (χ0n) is 16.1. The number of nitrogens with zero attached hydrogens (tertiary/aromatic N) is 2. The molecule has 0 radical (unpaired) electrons. The molecule has 0 saturated heterocycles. The summed E-state index contributed by atoms with van der Waals surface area (Å²) in [5.41, 5.74) is 1.15. The lowest BCUT2D eigenvalue weighted by Crippen LogP contribution is -2.41. The highest BCUT2D eigenvalue weighted by Gasteiger charge is 2.15. The number of amides is 2. The minimum absolute atomic E-state index is 0.0248. The SMILES string of the molecule is O=C(CNC(=O)c1cncc(NC2=NCC(F)CN2)c1)NCc1cc(Cl)cc(Br)c1O. The number of phenolic OH excluding ortho intramolecular Hbond substituents is 1. The number of halogens is 3. The van der Waals surface area contributed by atoms with Crippen molar-refractivity contribution in [2.45, 2.75) is 12.7 Å². The lowest BCUT2D eigenvalue weighted by Gasteiger charge is -2.18. The molecule has 12 heteroatoms. The summed E-state index contributed by atoms with van der Waals surface area (Å²) in [7, 11) is 0. The van der Waals surface area contributed by atoms with Crippen LogP contribution in [-0.2, 0) is 11.3 Å². The van der Waals surface area contributed by atoms with E-state index >= 15 is 0 Å². The summed E-state index contributed by atoms with van der Waals surface area (Å²) in [5.74, 6) is -0.582. The molecule has 2 amide bonds. The Hall–Kier alpha value is -2.92. The van der Waals surface area contributed by atoms with Gasteiger partial charge < -0.3 is 26.4 Å². The molecule has 0 saturated carbocycles. The minimum atomic E-state index is -1.03. The molecule has 1 atom stereocenters. The number of aromatic nitrogens is 1. The molecule has 1 aromatic carbocycles. The second-order valence-electron chi connectivity index (χ2n) is 6.61. The van der Waals surface area contributed by atoms with Crippen LogP contribution in [0.25, 0.3) is 0 Å². The van der Waals surface area contributed by atoms with Gasteiger partial charge in [-0.2, -0.15) is 0 Å². The molecule has 1 unspecified atom stereocenters. The Kier molecular flexibility index (Phi) is 7.64. The molecule has 3 rings (SSSR count). The lowest BCUT2D eigenvalue weighted by molar-refractivity contribution is -0.120. The number of nitrogens with one attached hydrogen (secondary N) is 4. The van der Waals surface area contributed by atoms with Crippen molar-refractivity contribution in [1.82, 2.24) is 20.9 Å². The maximum Gasteiger partial charge on any atom is 0.253 e. The Morgan fingerprint density at radius 2 is 2.10 bits per heavy atom. The lowest BCUT2D eigenvalue weighted by atomic mass is 10.2. The normalized spacial score (nSPS) is 15.5. The van der Waals surface area contributed by atoms with Crippen molar-refractivity contribution < 1.29 is 19.1 Å². The van der Waals surface area contributed by atoms with Gasteiger partial charge in [-0.25, -0.2) is 9.38 Å². The fraction of sp³-hybridized carbons (Fsp3) is 0.263. The van der Waals surface area contributed by atoms with Gasteiger partial charge in [0.25, 0.3) is 5.91 Å². The van der Waals surface area contributed by atoms with E-state index in [1.807, 2.05) is 0 Å². The predicted molar refractivity (Wildman–Crippen MR) is 118 cm³/mol. The summed E-state index contributed by atoms with van der Waals surface area (Å²) in [6, 6.07) is 4.60. The molecule has 1 aromatic heterocycles. The highest BCUT2D eigenvalue weighted by atomic mass is 79.9. The Balaban J connectivity index is 1.51. The fourth-order valence-corrected chi connectivity index (χ4v) is 3.52. The monoisotopic (exact) mass is 512 g/mol. The van der Waals surface area contributed by atoms with Crippen LogP contribution < -0.4 is 21.3 Å². The molecule has 0 fully saturated rings. The Morgan fingerprint density at radius 1 is 1.29 bits per heavy atom. The van der Waals surface area contributed by atoms with E-state index in [1.54, 1.807) is 0 Å². The molecule has 164 valence electrons. The molecule has 1 aliphatic heterocycles. The molecule has 2 heterocycles. The first-order valence-electron chi connectivity index (χ1n) is 9.18. The number of carbonyl (C=O) groups is 2. The van der Waals surface area contributed by atoms with Crippen molar-refractivity contribution in [3.63, 3.8) is 0 Å². The molecule has 5 N–H and O–H groups in total. The number of aromatic hydroxyl groups is 1. The molecule has 0 aliphatic carbocycles. The van der Waals surface area contributed by atoms with E-state index in [1.165, 1.54) is 30.6 Å². The third kappa shape index (κ3) is 6.53. The summed E-state index contributed by atoms with van der Waals surface area (Å²) in [5, 5.41) is 21.2. The number of phenols is 1. The van der Waals surface area contributed by atoms with Crippen LogP contribution in [0.15, 0.2) is 40.1 Å². The average molecular weight is 514 g/mol. The van der Waals surface area contributed by atoms with Crippen molar-refractivity contribution >= 4 is 51.0 Å². The Labute approximate surface area is 190 Å². The van der Waals surface area contributed by atoms with Gasteiger partial charge in [0.15, 0.2) is 5.96 Å². The van der Waals surface area contributed by atoms with Crippen LogP contribution in [0.4, 0.5) is 10.1 Å². The van der Waals surface area contributed by atoms with Gasteiger partial charge in [-0.15, -0.1) is 0 Å². The van der Waals surface area contributed by atoms with Gasteiger partial charge in [0.05, 0.1) is 41.6 Å². The fourth-order valence-electron chi connectivity index (χ4n) is 2.64. The van der Waals surface area contributed by atoms with Crippen LogP contribution in [0.2, 0.25) is 5.02 Å². The average Bonchev–Trinajstić information content (AvgIpc) is 2.75. The number of guanidine groups is 1. The second-order valence-corrected chi connectivity index (χ2v) is 7.90. The van der Waals surface area contributed by atoms with Gasteiger partial charge in [-0.1, -0.05) is 11.6 Å². The zero-order valence-corrected chi connectivity index (χ0v) is 18.4. The predicted octanol–water partition coefficient (Wildman–Crippen LogP) is 1.96. The molecule has 1 aliphatic rings. The molecule has 2 aromatic rings. The van der Waals surface area contributed by atoms with Crippen LogP contribution in [0.1, 0.15) is 15.9 Å². The van der Waals surface area contributed by atoms with E-state index in [-0.39, 0.29) is 37.5 Å². The number of rotatable bonds is 6.